The number of rotatable bonds is 9. The minimum Gasteiger partial charge on any atom is -0.497 e. The Bertz CT molecular complexity index is 1440. The number of hydrogen-bond donors (Lipinski definition) is 4. The van der Waals surface area contributed by atoms with Gasteiger partial charge in [0, 0.05) is 41.3 Å². The molecule has 0 aliphatic heterocycles. The van der Waals surface area contributed by atoms with Gasteiger partial charge in [-0.1, -0.05) is 36.0 Å². The Hall–Kier alpha value is -3.85. The van der Waals surface area contributed by atoms with Crippen molar-refractivity contribution in [1.82, 2.24) is 0 Å². The van der Waals surface area contributed by atoms with Crippen LogP contribution >= 0.6 is 11.8 Å². The molecule has 0 bridgehead atoms. The summed E-state index contributed by atoms with van der Waals surface area (Å²) in [6, 6.07) is 15.6. The zero-order valence-corrected chi connectivity index (χ0v) is 26.7. The van der Waals surface area contributed by atoms with Crippen LogP contribution in [-0.2, 0) is 4.79 Å². The van der Waals surface area contributed by atoms with Gasteiger partial charge in [0.2, 0.25) is 0 Å². The van der Waals surface area contributed by atoms with Crippen LogP contribution < -0.4 is 20.9 Å². The van der Waals surface area contributed by atoms with Crippen LogP contribution in [0.3, 0.4) is 0 Å². The van der Waals surface area contributed by atoms with E-state index in [9.17, 15) is 18.0 Å². The van der Waals surface area contributed by atoms with E-state index in [0.29, 0.717) is 11.3 Å². The van der Waals surface area contributed by atoms with Crippen molar-refractivity contribution in [2.24, 2.45) is 26.4 Å². The Morgan fingerprint density at radius 2 is 1.60 bits per heavy atom. The maximum Gasteiger partial charge on any atom is 0.573 e. The Kier molecular flexibility index (Phi) is 15.5. The molecular formula is C28H29F3N6NaO4S. The number of nitrogens with one attached hydrogen (secondary N) is 1. The number of ether oxygens (including phenoxy) is 2. The smallest absolute Gasteiger partial charge is 0.497 e. The van der Waals surface area contributed by atoms with Gasteiger partial charge in [0.25, 0.3) is 0 Å². The van der Waals surface area contributed by atoms with E-state index in [2.05, 4.69) is 19.7 Å². The molecule has 0 aromatic heterocycles. The molecule has 43 heavy (non-hydrogen) atoms. The number of aliphatic carboxylic acids is 1. The van der Waals surface area contributed by atoms with Crippen LogP contribution in [0.5, 0.6) is 11.5 Å². The monoisotopic (exact) mass is 625 g/mol. The molecule has 0 saturated carbocycles. The van der Waals surface area contributed by atoms with Crippen molar-refractivity contribution in [2.75, 3.05) is 12.9 Å². The maximum absolute atomic E-state index is 12.0. The first-order valence-electron chi connectivity index (χ1n) is 12.0. The number of nitrogens with zero attached hydrogens (tertiary/aromatic N) is 3. The molecule has 0 fully saturated rings. The van der Waals surface area contributed by atoms with Crippen LogP contribution in [0.2, 0.25) is 0 Å². The van der Waals surface area contributed by atoms with Gasteiger partial charge in [-0.05, 0) is 66.9 Å². The standard InChI is InChI=1S/C16H13F3N4O.C12H16N2O3S.Na/c17-16(18,19)24-14-7-5-13(6-8-14)22-10-23-15(21)12-3-1-11(9-20)2-4-12;1-7-4-9(17-3)5-8(2)11(7)14-12(13)18-6-10(15)16;/h1-10,20H,(H2,21,22,23);4-5H,6H2,1-3H3,(H2,13,14)(H,15,16);. The number of amidine groups is 2. The Morgan fingerprint density at radius 1 is 1.02 bits per heavy atom. The van der Waals surface area contributed by atoms with E-state index in [1.807, 2.05) is 26.0 Å². The number of carboxylic acid groups (broad SMARTS) is 1. The summed E-state index contributed by atoms with van der Waals surface area (Å²) in [5.74, 6) is -0.339. The van der Waals surface area contributed by atoms with Gasteiger partial charge in [-0.3, -0.25) is 4.79 Å². The number of alkyl halides is 3. The molecule has 0 amide bonds. The number of nitrogens with two attached hydrogens (primary N) is 2. The second kappa shape index (κ2) is 18.0. The van der Waals surface area contributed by atoms with Gasteiger partial charge < -0.3 is 31.5 Å². The third-order valence-corrected chi connectivity index (χ3v) is 5.89. The second-order valence-corrected chi connectivity index (χ2v) is 9.30. The van der Waals surface area contributed by atoms with Crippen LogP contribution in [0.25, 0.3) is 0 Å². The molecule has 3 aromatic rings. The first-order valence-corrected chi connectivity index (χ1v) is 13.0. The first-order chi connectivity index (χ1) is 19.8. The summed E-state index contributed by atoms with van der Waals surface area (Å²) in [7, 11) is 1.61. The van der Waals surface area contributed by atoms with Crippen LogP contribution in [-0.4, -0.2) is 83.4 Å². The zero-order valence-electron chi connectivity index (χ0n) is 23.8. The number of thioether (sulfide) groups is 1. The van der Waals surface area contributed by atoms with Gasteiger partial charge in [-0.2, -0.15) is 0 Å². The molecule has 3 rings (SSSR count). The number of hydrogen-bond acceptors (Lipinski definition) is 7. The predicted molar refractivity (Wildman–Crippen MR) is 166 cm³/mol. The topological polar surface area (TPSA) is 169 Å². The summed E-state index contributed by atoms with van der Waals surface area (Å²) < 4.78 is 45.1. The fraction of sp³-hybridized carbons (Fsp3) is 0.179. The first kappa shape index (κ1) is 37.2. The Balaban J connectivity index is 0.000000438. The molecule has 1 radical (unpaired) electrons. The largest absolute Gasteiger partial charge is 0.573 e. The molecule has 15 heteroatoms. The molecule has 0 saturated heterocycles. The molecule has 223 valence electrons. The Morgan fingerprint density at radius 3 is 2.09 bits per heavy atom. The molecule has 6 N–H and O–H groups in total. The van der Waals surface area contributed by atoms with E-state index in [1.165, 1.54) is 24.7 Å². The number of carboxylic acids is 1. The van der Waals surface area contributed by atoms with Crippen LogP contribution in [0.15, 0.2) is 75.6 Å². The molecule has 0 aliphatic rings. The van der Waals surface area contributed by atoms with E-state index in [4.69, 9.17) is 26.7 Å². The van der Waals surface area contributed by atoms with Crippen LogP contribution in [0.1, 0.15) is 22.3 Å². The summed E-state index contributed by atoms with van der Waals surface area (Å²) >= 11 is 1.00. The zero-order chi connectivity index (χ0) is 31.3. The number of methoxy groups -OCH3 is 1. The molecule has 0 atom stereocenters. The molecule has 0 spiro atoms. The average molecular weight is 626 g/mol. The van der Waals surface area contributed by atoms with E-state index in [0.717, 1.165) is 52.0 Å². The number of aliphatic imine (C=N–C) groups is 3. The number of halogens is 3. The number of aryl methyl sites for hydroxylation is 2. The predicted octanol–water partition coefficient (Wildman–Crippen LogP) is 5.34. The van der Waals surface area contributed by atoms with Crippen LogP contribution in [0.4, 0.5) is 24.5 Å². The summed E-state index contributed by atoms with van der Waals surface area (Å²) in [4.78, 5) is 22.6. The van der Waals surface area contributed by atoms with Crippen molar-refractivity contribution >= 4 is 82.2 Å². The van der Waals surface area contributed by atoms with E-state index < -0.39 is 12.3 Å². The van der Waals surface area contributed by atoms with Crippen molar-refractivity contribution in [3.8, 4) is 11.5 Å². The van der Waals surface area contributed by atoms with Crippen molar-refractivity contribution in [1.29, 1.82) is 5.41 Å². The quantitative estimate of drug-likeness (QED) is 0.141. The van der Waals surface area contributed by atoms with Gasteiger partial charge in [0.1, 0.15) is 23.7 Å². The van der Waals surface area contributed by atoms with Crippen LogP contribution in [0, 0.1) is 19.3 Å². The van der Waals surface area contributed by atoms with E-state index in [1.54, 1.807) is 31.4 Å². The fourth-order valence-electron chi connectivity index (χ4n) is 3.20. The van der Waals surface area contributed by atoms with Crippen molar-refractivity contribution < 1.29 is 32.5 Å². The Labute approximate surface area is 272 Å². The normalized spacial score (nSPS) is 11.7. The SMILES string of the molecule is COc1cc(C)c(N=C(N)SCC(=O)O)c(C)c1.N=Cc1ccc(C(N)=NC=Nc2ccc(OC(F)(F)F)cc2)cc1.[Na]. The summed E-state index contributed by atoms with van der Waals surface area (Å²) in [5, 5.41) is 15.9. The molecule has 0 heterocycles. The average Bonchev–Trinajstić information content (AvgIpc) is 2.94. The number of benzene rings is 3. The molecule has 3 aromatic carbocycles. The number of carbonyl (C=O) groups is 1. The van der Waals surface area contributed by atoms with Gasteiger partial charge in [-0.15, -0.1) is 13.2 Å². The summed E-state index contributed by atoms with van der Waals surface area (Å²) in [6.45, 7) is 3.81. The van der Waals surface area contributed by atoms with Crippen molar-refractivity contribution in [2.45, 2.75) is 20.2 Å². The minimum absolute atomic E-state index is 0. The minimum atomic E-state index is -4.73. The molecule has 10 nitrogen and oxygen atoms in total. The molecule has 0 unspecified atom stereocenters. The fourth-order valence-corrected chi connectivity index (χ4v) is 3.63. The molecule has 0 aliphatic carbocycles. The van der Waals surface area contributed by atoms with Gasteiger partial charge in [0.15, 0.2) is 5.17 Å². The van der Waals surface area contributed by atoms with E-state index >= 15 is 0 Å². The van der Waals surface area contributed by atoms with Gasteiger partial charge in [0.05, 0.1) is 24.2 Å². The van der Waals surface area contributed by atoms with Gasteiger partial charge in [-0.25, -0.2) is 15.0 Å². The van der Waals surface area contributed by atoms with E-state index in [-0.39, 0.29) is 52.1 Å². The summed E-state index contributed by atoms with van der Waals surface area (Å²) in [5.41, 5.74) is 15.9. The maximum atomic E-state index is 12.0. The summed E-state index contributed by atoms with van der Waals surface area (Å²) in [6.07, 6.45) is -2.30. The van der Waals surface area contributed by atoms with Gasteiger partial charge >= 0.3 is 12.3 Å². The molecular weight excluding hydrogens is 596 g/mol. The third kappa shape index (κ3) is 13.8. The van der Waals surface area contributed by atoms with Crippen molar-refractivity contribution in [3.63, 3.8) is 0 Å². The third-order valence-electron chi connectivity index (χ3n) is 5.11. The second-order valence-electron chi connectivity index (χ2n) is 8.31. The van der Waals surface area contributed by atoms with Crippen molar-refractivity contribution in [3.05, 3.63) is 82.9 Å².